The van der Waals surface area contributed by atoms with Crippen LogP contribution < -0.4 is 15.0 Å². The lowest BCUT2D eigenvalue weighted by molar-refractivity contribution is -0.274. The van der Waals surface area contributed by atoms with Crippen LogP contribution in [0.15, 0.2) is 84.1 Å². The first-order valence-electron chi connectivity index (χ1n) is 14.7. The number of carbonyl (C=O) groups is 1. The van der Waals surface area contributed by atoms with Gasteiger partial charge in [0.1, 0.15) is 12.1 Å². The summed E-state index contributed by atoms with van der Waals surface area (Å²) in [4.78, 5) is 23.8. The number of nitrogens with one attached hydrogen (secondary N) is 1. The minimum absolute atomic E-state index is 0.0786. The summed E-state index contributed by atoms with van der Waals surface area (Å²) in [7, 11) is 0. The molecule has 0 aliphatic carbocycles. The first kappa shape index (κ1) is 32.6. The van der Waals surface area contributed by atoms with Crippen LogP contribution in [0.1, 0.15) is 50.2 Å². The molecule has 2 atom stereocenters. The summed E-state index contributed by atoms with van der Waals surface area (Å²) in [5, 5.41) is 17.7. The maximum absolute atomic E-state index is 13.0. The number of hydrogen-bond acceptors (Lipinski definition) is 6. The van der Waals surface area contributed by atoms with Gasteiger partial charge in [0, 0.05) is 29.6 Å². The van der Waals surface area contributed by atoms with Crippen molar-refractivity contribution >= 4 is 28.6 Å². The van der Waals surface area contributed by atoms with Crippen LogP contribution >= 0.6 is 11.8 Å². The van der Waals surface area contributed by atoms with Crippen molar-refractivity contribution in [1.82, 2.24) is 20.1 Å². The standard InChI is InChI=1S/C33H32F3N7O2S/c1-21(2)28-6-4-5-7-29(28)43-22(3)16-17-46-32(43)40-31(44)38-19-25(18-37)23-8-10-24(11-9-23)30-39-20-42(41-30)26-12-14-27(15-13-26)45-33(34,35)36/h4-15,20-22,25H,16-17,19H2,1-3H3,(H,38,44)/b40-32-. The monoisotopic (exact) mass is 647 g/mol. The molecule has 13 heteroatoms. The minimum atomic E-state index is -4.77. The van der Waals surface area contributed by atoms with E-state index in [4.69, 9.17) is 0 Å². The lowest BCUT2D eigenvalue weighted by Gasteiger charge is -2.37. The topological polar surface area (TPSA) is 108 Å². The third kappa shape index (κ3) is 7.87. The number of ether oxygens (including phenoxy) is 1. The van der Waals surface area contributed by atoms with Gasteiger partial charge in [0.2, 0.25) is 0 Å². The number of aromatic nitrogens is 3. The van der Waals surface area contributed by atoms with Crippen LogP contribution in [0.4, 0.5) is 23.7 Å². The predicted molar refractivity (Wildman–Crippen MR) is 172 cm³/mol. The van der Waals surface area contributed by atoms with E-state index in [-0.39, 0.29) is 18.3 Å². The Morgan fingerprint density at radius 2 is 1.85 bits per heavy atom. The number of alkyl halides is 3. The number of rotatable bonds is 8. The molecule has 1 aliphatic heterocycles. The molecule has 2 unspecified atom stereocenters. The van der Waals surface area contributed by atoms with E-state index in [1.165, 1.54) is 40.8 Å². The van der Waals surface area contributed by atoms with Gasteiger partial charge >= 0.3 is 12.4 Å². The molecule has 3 aromatic carbocycles. The average molecular weight is 648 g/mol. The number of benzene rings is 3. The highest BCUT2D eigenvalue weighted by Crippen LogP contribution is 2.34. The Bertz CT molecular complexity index is 1730. The summed E-state index contributed by atoms with van der Waals surface area (Å²) in [6, 6.07) is 22.5. The number of amidine groups is 1. The molecule has 0 bridgehead atoms. The number of thioether (sulfide) groups is 1. The number of para-hydroxylation sites is 1. The zero-order valence-corrected chi connectivity index (χ0v) is 26.2. The lowest BCUT2D eigenvalue weighted by Crippen LogP contribution is -2.42. The number of nitriles is 1. The van der Waals surface area contributed by atoms with Crippen molar-refractivity contribution in [3.63, 3.8) is 0 Å². The van der Waals surface area contributed by atoms with E-state index >= 15 is 0 Å². The molecule has 0 saturated carbocycles. The van der Waals surface area contributed by atoms with Crippen LogP contribution in [-0.4, -0.2) is 50.7 Å². The van der Waals surface area contributed by atoms with Crippen LogP contribution in [0.3, 0.4) is 0 Å². The molecule has 1 saturated heterocycles. The quantitative estimate of drug-likeness (QED) is 0.209. The molecular formula is C33H32F3N7O2S. The molecule has 1 aliphatic rings. The van der Waals surface area contributed by atoms with Crippen molar-refractivity contribution < 1.29 is 22.7 Å². The van der Waals surface area contributed by atoms with E-state index in [1.54, 1.807) is 36.0 Å². The SMILES string of the molecule is CC(C)c1ccccc1N1/C(=N/C(=O)NCC(C#N)c2ccc(-c3ncn(-c4ccc(OC(F)(F)F)cc4)n3)cc2)SCCC1C. The van der Waals surface area contributed by atoms with Gasteiger partial charge < -0.3 is 15.0 Å². The van der Waals surface area contributed by atoms with Gasteiger partial charge in [-0.05, 0) is 60.7 Å². The second kappa shape index (κ2) is 14.1. The molecule has 0 spiro atoms. The third-order valence-corrected chi connectivity index (χ3v) is 8.43. The Morgan fingerprint density at radius 1 is 1.13 bits per heavy atom. The van der Waals surface area contributed by atoms with Gasteiger partial charge in [-0.2, -0.15) is 10.3 Å². The van der Waals surface area contributed by atoms with Crippen molar-refractivity contribution in [3.8, 4) is 28.9 Å². The molecule has 2 heterocycles. The Labute approximate surface area is 269 Å². The van der Waals surface area contributed by atoms with Crippen molar-refractivity contribution in [2.24, 2.45) is 4.99 Å². The Kier molecular flexibility index (Phi) is 9.96. The Hall–Kier alpha value is -4.83. The number of anilines is 1. The molecule has 1 fully saturated rings. The number of carbonyl (C=O) groups excluding carboxylic acids is 1. The van der Waals surface area contributed by atoms with Crippen molar-refractivity contribution in [2.75, 3.05) is 17.2 Å². The summed E-state index contributed by atoms with van der Waals surface area (Å²) in [5.41, 5.74) is 4.12. The van der Waals surface area contributed by atoms with Crippen molar-refractivity contribution in [2.45, 2.75) is 51.4 Å². The number of halogens is 3. The van der Waals surface area contributed by atoms with E-state index < -0.39 is 18.3 Å². The smallest absolute Gasteiger partial charge is 0.406 e. The first-order valence-corrected chi connectivity index (χ1v) is 15.7. The van der Waals surface area contributed by atoms with Crippen LogP contribution in [-0.2, 0) is 0 Å². The first-order chi connectivity index (χ1) is 22.0. The van der Waals surface area contributed by atoms with Crippen LogP contribution in [0, 0.1) is 11.3 Å². The number of aliphatic imine (C=N–C) groups is 1. The summed E-state index contributed by atoms with van der Waals surface area (Å²) >= 11 is 1.55. The van der Waals surface area contributed by atoms with Crippen LogP contribution in [0.25, 0.3) is 17.1 Å². The zero-order valence-electron chi connectivity index (χ0n) is 25.4. The van der Waals surface area contributed by atoms with Crippen LogP contribution in [0.2, 0.25) is 0 Å². The summed E-state index contributed by atoms with van der Waals surface area (Å²) in [6.07, 6.45) is -2.35. The van der Waals surface area contributed by atoms with E-state index in [2.05, 4.69) is 69.0 Å². The highest BCUT2D eigenvalue weighted by atomic mass is 32.2. The molecule has 9 nitrogen and oxygen atoms in total. The second-order valence-electron chi connectivity index (χ2n) is 11.0. The van der Waals surface area contributed by atoms with Gasteiger partial charge in [0.15, 0.2) is 11.0 Å². The molecule has 2 amide bonds. The number of amides is 2. The highest BCUT2D eigenvalue weighted by molar-refractivity contribution is 8.14. The van der Waals surface area contributed by atoms with Gasteiger partial charge in [0.05, 0.1) is 17.7 Å². The number of urea groups is 1. The molecule has 4 aromatic rings. The van der Waals surface area contributed by atoms with E-state index in [9.17, 15) is 23.2 Å². The fourth-order valence-corrected chi connectivity index (χ4v) is 6.27. The summed E-state index contributed by atoms with van der Waals surface area (Å²) < 4.78 is 42.7. The van der Waals surface area contributed by atoms with Gasteiger partial charge in [0.25, 0.3) is 0 Å². The maximum Gasteiger partial charge on any atom is 0.573 e. The fourth-order valence-electron chi connectivity index (χ4n) is 5.07. The molecule has 46 heavy (non-hydrogen) atoms. The molecule has 238 valence electrons. The summed E-state index contributed by atoms with van der Waals surface area (Å²) in [6.45, 7) is 6.50. The Balaban J connectivity index is 1.23. The van der Waals surface area contributed by atoms with Crippen molar-refractivity contribution in [3.05, 3.63) is 90.3 Å². The van der Waals surface area contributed by atoms with Crippen molar-refractivity contribution in [1.29, 1.82) is 5.26 Å². The fraction of sp³-hybridized carbons (Fsp3) is 0.303. The largest absolute Gasteiger partial charge is 0.573 e. The average Bonchev–Trinajstić information content (AvgIpc) is 3.52. The normalized spacial score (nSPS) is 16.7. The lowest BCUT2D eigenvalue weighted by atomic mass is 9.99. The summed E-state index contributed by atoms with van der Waals surface area (Å²) in [5.74, 6) is 0.609. The highest BCUT2D eigenvalue weighted by Gasteiger charge is 2.31. The van der Waals surface area contributed by atoms with Crippen LogP contribution in [0.5, 0.6) is 5.75 Å². The van der Waals surface area contributed by atoms with E-state index in [1.807, 2.05) is 12.1 Å². The molecule has 0 radical (unpaired) electrons. The minimum Gasteiger partial charge on any atom is -0.406 e. The van der Waals surface area contributed by atoms with Gasteiger partial charge in [-0.25, -0.2) is 14.5 Å². The van der Waals surface area contributed by atoms with Gasteiger partial charge in [-0.1, -0.05) is 68.1 Å². The molecular weight excluding hydrogens is 615 g/mol. The molecule has 1 aromatic heterocycles. The maximum atomic E-state index is 13.0. The van der Waals surface area contributed by atoms with Gasteiger partial charge in [-0.3, -0.25) is 0 Å². The second-order valence-corrected chi connectivity index (χ2v) is 12.1. The number of nitrogens with zero attached hydrogens (tertiary/aromatic N) is 6. The Morgan fingerprint density at radius 3 is 2.52 bits per heavy atom. The van der Waals surface area contributed by atoms with E-state index in [0.717, 1.165) is 17.9 Å². The predicted octanol–water partition coefficient (Wildman–Crippen LogP) is 7.66. The van der Waals surface area contributed by atoms with Gasteiger partial charge in [-0.15, -0.1) is 18.3 Å². The number of hydrogen-bond donors (Lipinski definition) is 1. The zero-order chi connectivity index (χ0) is 32.8. The molecule has 5 rings (SSSR count). The van der Waals surface area contributed by atoms with E-state index in [0.29, 0.717) is 33.7 Å². The third-order valence-electron chi connectivity index (χ3n) is 7.44. The molecule has 1 N–H and O–H groups in total.